The fourth-order valence-corrected chi connectivity index (χ4v) is 3.61. The fraction of sp³-hybridized carbons (Fsp3) is 0.154. The summed E-state index contributed by atoms with van der Waals surface area (Å²) < 4.78 is 40.2. The maximum atomic E-state index is 13.3. The average Bonchev–Trinajstić information content (AvgIpc) is 2.46. The third-order valence-corrected chi connectivity index (χ3v) is 5.10. The van der Waals surface area contributed by atoms with Gasteiger partial charge in [0.05, 0.1) is 5.69 Å². The zero-order valence-electron chi connectivity index (χ0n) is 11.3. The van der Waals surface area contributed by atoms with Crippen LogP contribution in [0.2, 0.25) is 0 Å². The van der Waals surface area contributed by atoms with Crippen molar-refractivity contribution in [3.8, 4) is 0 Å². The van der Waals surface area contributed by atoms with Gasteiger partial charge in [0, 0.05) is 24.8 Å². The summed E-state index contributed by atoms with van der Waals surface area (Å²) in [6.07, 6.45) is 1.49. The molecule has 0 spiro atoms. The normalized spacial score (nSPS) is 11.2. The summed E-state index contributed by atoms with van der Waals surface area (Å²) in [5, 5.41) is 2.73. The van der Waals surface area contributed by atoms with Gasteiger partial charge in [0.15, 0.2) is 0 Å². The first-order chi connectivity index (χ1) is 9.86. The molecule has 0 radical (unpaired) electrons. The van der Waals surface area contributed by atoms with E-state index in [1.807, 2.05) is 0 Å². The van der Waals surface area contributed by atoms with Gasteiger partial charge in [-0.15, -0.1) is 0 Å². The molecular formula is C13H13BrFN3O2S. The molecule has 1 aromatic heterocycles. The fourth-order valence-electron chi connectivity index (χ4n) is 1.76. The topological polar surface area (TPSA) is 62.3 Å². The SMILES string of the molecule is CNc1ncc(Br)cc1S(=O)(=O)N(C)c1cccc(F)c1. The molecule has 0 aliphatic heterocycles. The third-order valence-electron chi connectivity index (χ3n) is 2.87. The van der Waals surface area contributed by atoms with Gasteiger partial charge in [-0.25, -0.2) is 17.8 Å². The van der Waals surface area contributed by atoms with Crippen molar-refractivity contribution < 1.29 is 12.8 Å². The number of aromatic nitrogens is 1. The van der Waals surface area contributed by atoms with E-state index in [4.69, 9.17) is 0 Å². The van der Waals surface area contributed by atoms with Gasteiger partial charge in [-0.1, -0.05) is 6.07 Å². The van der Waals surface area contributed by atoms with Crippen LogP contribution in [-0.4, -0.2) is 27.5 Å². The largest absolute Gasteiger partial charge is 0.372 e. The number of benzene rings is 1. The van der Waals surface area contributed by atoms with Crippen LogP contribution in [0, 0.1) is 5.82 Å². The summed E-state index contributed by atoms with van der Waals surface area (Å²) in [6.45, 7) is 0. The van der Waals surface area contributed by atoms with E-state index in [9.17, 15) is 12.8 Å². The van der Waals surface area contributed by atoms with Crippen LogP contribution in [0.3, 0.4) is 0 Å². The first-order valence-electron chi connectivity index (χ1n) is 5.94. The minimum absolute atomic E-state index is 0.00568. The molecule has 1 aromatic carbocycles. The van der Waals surface area contributed by atoms with Crippen LogP contribution in [0.5, 0.6) is 0 Å². The molecule has 5 nitrogen and oxygen atoms in total. The van der Waals surface area contributed by atoms with Gasteiger partial charge in [-0.2, -0.15) is 0 Å². The molecule has 2 aromatic rings. The minimum atomic E-state index is -3.86. The summed E-state index contributed by atoms with van der Waals surface area (Å²) in [5.74, 6) is -0.280. The predicted molar refractivity (Wildman–Crippen MR) is 83.5 cm³/mol. The van der Waals surface area contributed by atoms with Crippen LogP contribution in [0.25, 0.3) is 0 Å². The second kappa shape index (κ2) is 5.98. The molecule has 2 rings (SSSR count). The molecule has 8 heteroatoms. The molecular weight excluding hydrogens is 361 g/mol. The quantitative estimate of drug-likeness (QED) is 0.894. The molecule has 0 saturated heterocycles. The van der Waals surface area contributed by atoms with Crippen LogP contribution in [0.1, 0.15) is 0 Å². The summed E-state index contributed by atoms with van der Waals surface area (Å²) in [5.41, 5.74) is 0.233. The molecule has 21 heavy (non-hydrogen) atoms. The summed E-state index contributed by atoms with van der Waals surface area (Å²) in [4.78, 5) is 4.02. The number of sulfonamides is 1. The number of rotatable bonds is 4. The number of nitrogens with zero attached hydrogens (tertiary/aromatic N) is 2. The standard InChI is InChI=1S/C13H13BrFN3O2S/c1-16-13-12(6-9(14)8-17-13)21(19,20)18(2)11-5-3-4-10(15)7-11/h3-8H,1-2H3,(H,16,17). The lowest BCUT2D eigenvalue weighted by molar-refractivity contribution is 0.594. The molecule has 0 aliphatic rings. The number of nitrogens with one attached hydrogen (secondary N) is 1. The number of pyridine rings is 1. The third kappa shape index (κ3) is 3.16. The van der Waals surface area contributed by atoms with Crippen LogP contribution in [-0.2, 0) is 10.0 Å². The Kier molecular flexibility index (Phi) is 4.48. The Bertz CT molecular complexity index is 768. The number of hydrogen-bond acceptors (Lipinski definition) is 4. The number of hydrogen-bond donors (Lipinski definition) is 1. The van der Waals surface area contributed by atoms with E-state index in [1.54, 1.807) is 7.05 Å². The summed E-state index contributed by atoms with van der Waals surface area (Å²) in [7, 11) is -0.916. The zero-order valence-corrected chi connectivity index (χ0v) is 13.7. The van der Waals surface area contributed by atoms with E-state index in [-0.39, 0.29) is 16.4 Å². The van der Waals surface area contributed by atoms with Crippen LogP contribution < -0.4 is 9.62 Å². The van der Waals surface area contributed by atoms with Crippen molar-refractivity contribution in [2.24, 2.45) is 0 Å². The lowest BCUT2D eigenvalue weighted by atomic mass is 10.3. The molecule has 0 amide bonds. The van der Waals surface area contributed by atoms with Gasteiger partial charge in [-0.05, 0) is 40.2 Å². The van der Waals surface area contributed by atoms with E-state index in [0.717, 1.165) is 10.4 Å². The number of halogens is 2. The van der Waals surface area contributed by atoms with E-state index in [0.29, 0.717) is 4.47 Å². The first kappa shape index (κ1) is 15.7. The number of anilines is 2. The highest BCUT2D eigenvalue weighted by molar-refractivity contribution is 9.10. The molecule has 1 N–H and O–H groups in total. The Hall–Kier alpha value is -1.67. The lowest BCUT2D eigenvalue weighted by Gasteiger charge is -2.21. The average molecular weight is 374 g/mol. The predicted octanol–water partition coefficient (Wildman–Crippen LogP) is 2.85. The van der Waals surface area contributed by atoms with Gasteiger partial charge in [-0.3, -0.25) is 4.31 Å². The van der Waals surface area contributed by atoms with E-state index < -0.39 is 15.8 Å². The molecule has 0 bridgehead atoms. The summed E-state index contributed by atoms with van der Waals surface area (Å²) >= 11 is 3.20. The second-order valence-corrected chi connectivity index (χ2v) is 7.06. The van der Waals surface area contributed by atoms with Crippen molar-refractivity contribution in [3.63, 3.8) is 0 Å². The van der Waals surface area contributed by atoms with Crippen molar-refractivity contribution in [2.75, 3.05) is 23.7 Å². The zero-order chi connectivity index (χ0) is 15.6. The van der Waals surface area contributed by atoms with E-state index in [2.05, 4.69) is 26.2 Å². The Balaban J connectivity index is 2.54. The second-order valence-electron chi connectivity index (χ2n) is 4.20. The Morgan fingerprint density at radius 3 is 2.67 bits per heavy atom. The van der Waals surface area contributed by atoms with E-state index >= 15 is 0 Å². The summed E-state index contributed by atoms with van der Waals surface area (Å²) in [6, 6.07) is 6.83. The highest BCUT2D eigenvalue weighted by Gasteiger charge is 2.25. The monoisotopic (exact) mass is 373 g/mol. The first-order valence-corrected chi connectivity index (χ1v) is 8.17. The smallest absolute Gasteiger partial charge is 0.267 e. The van der Waals surface area contributed by atoms with E-state index in [1.165, 1.54) is 37.5 Å². The Morgan fingerprint density at radius 2 is 2.05 bits per heavy atom. The van der Waals surface area contributed by atoms with Crippen LogP contribution in [0.15, 0.2) is 45.9 Å². The highest BCUT2D eigenvalue weighted by Crippen LogP contribution is 2.28. The van der Waals surface area contributed by atoms with Crippen LogP contribution >= 0.6 is 15.9 Å². The molecule has 0 fully saturated rings. The van der Waals surface area contributed by atoms with Crippen molar-refractivity contribution in [1.82, 2.24) is 4.98 Å². The molecule has 112 valence electrons. The minimum Gasteiger partial charge on any atom is -0.372 e. The van der Waals surface area contributed by atoms with Crippen molar-refractivity contribution in [2.45, 2.75) is 4.90 Å². The molecule has 0 atom stereocenters. The van der Waals surface area contributed by atoms with Gasteiger partial charge < -0.3 is 5.32 Å². The van der Waals surface area contributed by atoms with Gasteiger partial charge in [0.2, 0.25) is 0 Å². The van der Waals surface area contributed by atoms with Gasteiger partial charge in [0.25, 0.3) is 10.0 Å². The van der Waals surface area contributed by atoms with Gasteiger partial charge in [0.1, 0.15) is 16.5 Å². The Labute approximate surface area is 131 Å². The van der Waals surface area contributed by atoms with Gasteiger partial charge >= 0.3 is 0 Å². The molecule has 1 heterocycles. The molecule has 0 aliphatic carbocycles. The molecule has 0 saturated carbocycles. The maximum absolute atomic E-state index is 13.3. The maximum Gasteiger partial charge on any atom is 0.267 e. The lowest BCUT2D eigenvalue weighted by Crippen LogP contribution is -2.27. The molecule has 0 unspecified atom stereocenters. The van der Waals surface area contributed by atoms with Crippen molar-refractivity contribution in [1.29, 1.82) is 0 Å². The highest BCUT2D eigenvalue weighted by atomic mass is 79.9. The Morgan fingerprint density at radius 1 is 1.33 bits per heavy atom. The van der Waals surface area contributed by atoms with Crippen molar-refractivity contribution >= 4 is 37.5 Å². The van der Waals surface area contributed by atoms with Crippen molar-refractivity contribution in [3.05, 3.63) is 46.8 Å². The van der Waals surface area contributed by atoms with Crippen LogP contribution in [0.4, 0.5) is 15.9 Å².